The minimum absolute atomic E-state index is 0.215. The molecule has 17 heavy (non-hydrogen) atoms. The standard InChI is InChI=1S/C11H10FN3O2/c12-7-2-1-3-8(6-7)13-11(17)9-4-5-10(16)15-14-9/h1-3,6H,4-5H2,(H,13,17)(H,15,16). The van der Waals surface area contributed by atoms with Crippen molar-refractivity contribution in [3.8, 4) is 0 Å². The number of nitrogens with zero attached hydrogens (tertiary/aromatic N) is 1. The third-order valence-corrected chi connectivity index (χ3v) is 2.25. The van der Waals surface area contributed by atoms with E-state index in [-0.39, 0.29) is 24.5 Å². The largest absolute Gasteiger partial charge is 0.321 e. The number of nitrogens with one attached hydrogen (secondary N) is 2. The highest BCUT2D eigenvalue weighted by Gasteiger charge is 2.18. The highest BCUT2D eigenvalue weighted by molar-refractivity contribution is 6.43. The van der Waals surface area contributed by atoms with E-state index in [1.165, 1.54) is 18.2 Å². The predicted molar refractivity (Wildman–Crippen MR) is 59.8 cm³/mol. The molecule has 1 aromatic carbocycles. The summed E-state index contributed by atoms with van der Waals surface area (Å²) in [6.45, 7) is 0. The van der Waals surface area contributed by atoms with Gasteiger partial charge in [-0.15, -0.1) is 0 Å². The van der Waals surface area contributed by atoms with E-state index in [4.69, 9.17) is 0 Å². The Morgan fingerprint density at radius 3 is 2.88 bits per heavy atom. The van der Waals surface area contributed by atoms with E-state index < -0.39 is 11.7 Å². The zero-order valence-electron chi connectivity index (χ0n) is 8.87. The normalized spacial score (nSPS) is 14.9. The van der Waals surface area contributed by atoms with Gasteiger partial charge in [0, 0.05) is 18.5 Å². The van der Waals surface area contributed by atoms with E-state index in [0.29, 0.717) is 5.69 Å². The molecule has 1 aliphatic rings. The van der Waals surface area contributed by atoms with Crippen LogP contribution in [0.25, 0.3) is 0 Å². The molecule has 0 spiro atoms. The van der Waals surface area contributed by atoms with Crippen LogP contribution in [0.5, 0.6) is 0 Å². The molecule has 1 aromatic rings. The highest BCUT2D eigenvalue weighted by Crippen LogP contribution is 2.10. The zero-order chi connectivity index (χ0) is 12.3. The van der Waals surface area contributed by atoms with Crippen LogP contribution in [0.15, 0.2) is 29.4 Å². The number of carbonyl (C=O) groups excluding carboxylic acids is 2. The third kappa shape index (κ3) is 2.87. The quantitative estimate of drug-likeness (QED) is 0.803. The Morgan fingerprint density at radius 1 is 1.41 bits per heavy atom. The lowest BCUT2D eigenvalue weighted by Gasteiger charge is -2.11. The zero-order valence-corrected chi connectivity index (χ0v) is 8.87. The highest BCUT2D eigenvalue weighted by atomic mass is 19.1. The molecule has 1 aliphatic heterocycles. The van der Waals surface area contributed by atoms with Crippen LogP contribution >= 0.6 is 0 Å². The van der Waals surface area contributed by atoms with E-state index in [1.807, 2.05) is 0 Å². The Balaban J connectivity index is 2.04. The van der Waals surface area contributed by atoms with Crippen molar-refractivity contribution in [1.82, 2.24) is 5.43 Å². The van der Waals surface area contributed by atoms with Gasteiger partial charge in [0.1, 0.15) is 11.5 Å². The molecule has 1 heterocycles. The molecule has 88 valence electrons. The number of rotatable bonds is 2. The van der Waals surface area contributed by atoms with Gasteiger partial charge in [0.15, 0.2) is 0 Å². The first-order valence-corrected chi connectivity index (χ1v) is 5.07. The van der Waals surface area contributed by atoms with Crippen LogP contribution in [0.2, 0.25) is 0 Å². The Kier molecular flexibility index (Phi) is 3.13. The van der Waals surface area contributed by atoms with Crippen LogP contribution in [0.3, 0.4) is 0 Å². The molecule has 2 rings (SSSR count). The molecule has 0 radical (unpaired) electrons. The van der Waals surface area contributed by atoms with Crippen LogP contribution in [-0.4, -0.2) is 17.5 Å². The number of hydrogen-bond acceptors (Lipinski definition) is 3. The van der Waals surface area contributed by atoms with Gasteiger partial charge in [0.05, 0.1) is 0 Å². The van der Waals surface area contributed by atoms with Gasteiger partial charge in [0.25, 0.3) is 5.91 Å². The summed E-state index contributed by atoms with van der Waals surface area (Å²) in [5.41, 5.74) is 2.81. The molecule has 2 amide bonds. The number of benzene rings is 1. The summed E-state index contributed by atoms with van der Waals surface area (Å²) >= 11 is 0. The fourth-order valence-corrected chi connectivity index (χ4v) is 1.41. The molecule has 0 aliphatic carbocycles. The second-order valence-electron chi connectivity index (χ2n) is 3.56. The van der Waals surface area contributed by atoms with Gasteiger partial charge in [-0.1, -0.05) is 6.07 Å². The summed E-state index contributed by atoms with van der Waals surface area (Å²) in [5.74, 6) is -1.08. The maximum atomic E-state index is 12.9. The third-order valence-electron chi connectivity index (χ3n) is 2.25. The molecule has 0 bridgehead atoms. The number of anilines is 1. The molecule has 0 unspecified atom stereocenters. The van der Waals surface area contributed by atoms with E-state index in [1.54, 1.807) is 6.07 Å². The molecule has 0 aromatic heterocycles. The first kappa shape index (κ1) is 11.3. The molecule has 6 heteroatoms. The molecule has 2 N–H and O–H groups in total. The second-order valence-corrected chi connectivity index (χ2v) is 3.56. The van der Waals surface area contributed by atoms with Crippen LogP contribution < -0.4 is 10.7 Å². The first-order chi connectivity index (χ1) is 8.15. The van der Waals surface area contributed by atoms with Crippen LogP contribution in [0.4, 0.5) is 10.1 Å². The van der Waals surface area contributed by atoms with Crippen molar-refractivity contribution in [2.24, 2.45) is 5.10 Å². The Hall–Kier alpha value is -2.24. The van der Waals surface area contributed by atoms with Crippen LogP contribution in [-0.2, 0) is 9.59 Å². The molecule has 0 fully saturated rings. The number of halogens is 1. The van der Waals surface area contributed by atoms with Crippen molar-refractivity contribution in [2.75, 3.05) is 5.32 Å². The van der Waals surface area contributed by atoms with E-state index >= 15 is 0 Å². The van der Waals surface area contributed by atoms with Gasteiger partial charge in [0.2, 0.25) is 5.91 Å². The van der Waals surface area contributed by atoms with E-state index in [9.17, 15) is 14.0 Å². The average molecular weight is 235 g/mol. The summed E-state index contributed by atoms with van der Waals surface area (Å²) < 4.78 is 12.9. The van der Waals surface area contributed by atoms with Crippen molar-refractivity contribution in [3.63, 3.8) is 0 Å². The summed E-state index contributed by atoms with van der Waals surface area (Å²) in [7, 11) is 0. The number of hydrazone groups is 1. The summed E-state index contributed by atoms with van der Waals surface area (Å²) in [6.07, 6.45) is 0.516. The molecular weight excluding hydrogens is 225 g/mol. The van der Waals surface area contributed by atoms with Gasteiger partial charge < -0.3 is 5.32 Å². The van der Waals surface area contributed by atoms with Gasteiger partial charge in [-0.25, -0.2) is 9.82 Å². The molecule has 0 saturated heterocycles. The van der Waals surface area contributed by atoms with Gasteiger partial charge in [-0.3, -0.25) is 9.59 Å². The SMILES string of the molecule is O=C1CCC(C(=O)Nc2cccc(F)c2)=NN1. The fraction of sp³-hybridized carbons (Fsp3) is 0.182. The van der Waals surface area contributed by atoms with Crippen molar-refractivity contribution in [1.29, 1.82) is 0 Å². The van der Waals surface area contributed by atoms with Crippen molar-refractivity contribution < 1.29 is 14.0 Å². The summed E-state index contributed by atoms with van der Waals surface area (Å²) in [4.78, 5) is 22.5. The molecule has 5 nitrogen and oxygen atoms in total. The lowest BCUT2D eigenvalue weighted by molar-refractivity contribution is -0.121. The summed E-state index contributed by atoms with van der Waals surface area (Å²) in [6, 6.07) is 5.56. The lowest BCUT2D eigenvalue weighted by Crippen LogP contribution is -2.32. The maximum absolute atomic E-state index is 12.9. The van der Waals surface area contributed by atoms with Crippen molar-refractivity contribution in [3.05, 3.63) is 30.1 Å². The van der Waals surface area contributed by atoms with Crippen molar-refractivity contribution >= 4 is 23.2 Å². The second kappa shape index (κ2) is 4.73. The lowest BCUT2D eigenvalue weighted by atomic mass is 10.1. The van der Waals surface area contributed by atoms with Gasteiger partial charge in [-0.05, 0) is 18.2 Å². The fourth-order valence-electron chi connectivity index (χ4n) is 1.41. The van der Waals surface area contributed by atoms with Gasteiger partial charge >= 0.3 is 0 Å². The Labute approximate surface area is 96.7 Å². The number of carbonyl (C=O) groups is 2. The minimum Gasteiger partial charge on any atom is -0.321 e. The first-order valence-electron chi connectivity index (χ1n) is 5.07. The number of amides is 2. The van der Waals surface area contributed by atoms with Crippen LogP contribution in [0, 0.1) is 5.82 Å². The van der Waals surface area contributed by atoms with E-state index in [2.05, 4.69) is 15.8 Å². The molecule has 0 saturated carbocycles. The van der Waals surface area contributed by atoms with Gasteiger partial charge in [-0.2, -0.15) is 5.10 Å². The van der Waals surface area contributed by atoms with Crippen LogP contribution in [0.1, 0.15) is 12.8 Å². The Morgan fingerprint density at radius 2 is 2.24 bits per heavy atom. The summed E-state index contributed by atoms with van der Waals surface area (Å²) in [5, 5.41) is 6.15. The smallest absolute Gasteiger partial charge is 0.271 e. The van der Waals surface area contributed by atoms with E-state index in [0.717, 1.165) is 0 Å². The van der Waals surface area contributed by atoms with Crippen molar-refractivity contribution in [2.45, 2.75) is 12.8 Å². The Bertz CT molecular complexity index is 499. The number of hydrogen-bond donors (Lipinski definition) is 2. The topological polar surface area (TPSA) is 70.6 Å². The molecular formula is C11H10FN3O2. The maximum Gasteiger partial charge on any atom is 0.271 e. The monoisotopic (exact) mass is 235 g/mol. The minimum atomic E-state index is -0.435. The predicted octanol–water partition coefficient (Wildman–Crippen LogP) is 1.03. The average Bonchev–Trinajstić information content (AvgIpc) is 2.29. The molecule has 0 atom stereocenters.